The number of carbonyl (C=O) groups excluding carboxylic acids is 2. The van der Waals surface area contributed by atoms with Crippen LogP contribution in [0.25, 0.3) is 0 Å². The van der Waals surface area contributed by atoms with E-state index >= 15 is 0 Å². The van der Waals surface area contributed by atoms with E-state index in [0.717, 1.165) is 10.5 Å². The molecule has 0 unspecified atom stereocenters. The van der Waals surface area contributed by atoms with E-state index < -0.39 is 16.7 Å². The highest BCUT2D eigenvalue weighted by Gasteiger charge is 2.29. The molecule has 0 fully saturated rings. The number of nitro groups is 1. The molecule has 0 aliphatic rings. The summed E-state index contributed by atoms with van der Waals surface area (Å²) >= 11 is 3.12. The molecule has 0 radical (unpaired) electrons. The standard InChI is InChI=1S/C17H15BrN2O5/c1-11(21)19(12(2)22)15-9-8-14(18)16(20(23)24)17(15)25-10-13-6-4-3-5-7-13/h3-9H,10H2,1-2H3. The minimum atomic E-state index is -0.619. The zero-order valence-corrected chi connectivity index (χ0v) is 15.1. The summed E-state index contributed by atoms with van der Waals surface area (Å²) in [5.74, 6) is -1.27. The maximum absolute atomic E-state index is 11.8. The van der Waals surface area contributed by atoms with Gasteiger partial charge in [-0.15, -0.1) is 0 Å². The molecule has 0 heterocycles. The molecule has 0 aliphatic carbocycles. The van der Waals surface area contributed by atoms with Crippen LogP contribution in [-0.4, -0.2) is 16.7 Å². The van der Waals surface area contributed by atoms with E-state index in [2.05, 4.69) is 15.9 Å². The van der Waals surface area contributed by atoms with E-state index in [1.807, 2.05) is 18.2 Å². The van der Waals surface area contributed by atoms with Gasteiger partial charge in [0.2, 0.25) is 17.6 Å². The molecule has 2 aromatic rings. The number of imide groups is 1. The predicted molar refractivity (Wildman–Crippen MR) is 95.4 cm³/mol. The number of halogens is 1. The largest absolute Gasteiger partial charge is 0.480 e. The van der Waals surface area contributed by atoms with Crippen molar-refractivity contribution in [2.24, 2.45) is 0 Å². The topological polar surface area (TPSA) is 89.8 Å². The lowest BCUT2D eigenvalue weighted by Crippen LogP contribution is -2.33. The molecule has 25 heavy (non-hydrogen) atoms. The van der Waals surface area contributed by atoms with E-state index in [1.165, 1.54) is 26.0 Å². The van der Waals surface area contributed by atoms with Crippen molar-refractivity contribution in [3.63, 3.8) is 0 Å². The van der Waals surface area contributed by atoms with E-state index in [9.17, 15) is 19.7 Å². The number of nitrogens with zero attached hydrogens (tertiary/aromatic N) is 2. The van der Waals surface area contributed by atoms with E-state index in [0.29, 0.717) is 0 Å². The first-order valence-electron chi connectivity index (χ1n) is 7.27. The molecule has 8 heteroatoms. The monoisotopic (exact) mass is 406 g/mol. The van der Waals surface area contributed by atoms with Crippen LogP contribution in [0, 0.1) is 10.1 Å². The number of benzene rings is 2. The first-order chi connectivity index (χ1) is 11.8. The van der Waals surface area contributed by atoms with E-state index in [4.69, 9.17) is 4.74 Å². The first kappa shape index (κ1) is 18.6. The second-order valence-corrected chi connectivity index (χ2v) is 6.00. The summed E-state index contributed by atoms with van der Waals surface area (Å²) in [5.41, 5.74) is 0.478. The number of ether oxygens (including phenoxy) is 1. The molecular weight excluding hydrogens is 392 g/mol. The Bertz CT molecular complexity index is 809. The fraction of sp³-hybridized carbons (Fsp3) is 0.176. The predicted octanol–water partition coefficient (Wildman–Crippen LogP) is 3.84. The number of nitro benzene ring substituents is 1. The summed E-state index contributed by atoms with van der Waals surface area (Å²) in [6, 6.07) is 11.9. The van der Waals surface area contributed by atoms with E-state index in [-0.39, 0.29) is 28.2 Å². The number of hydrogen-bond acceptors (Lipinski definition) is 5. The average molecular weight is 407 g/mol. The highest BCUT2D eigenvalue weighted by Crippen LogP contribution is 2.43. The zero-order chi connectivity index (χ0) is 18.6. The van der Waals surface area contributed by atoms with Crippen LogP contribution in [0.3, 0.4) is 0 Å². The normalized spacial score (nSPS) is 10.2. The van der Waals surface area contributed by atoms with Gasteiger partial charge in [0.15, 0.2) is 0 Å². The summed E-state index contributed by atoms with van der Waals surface area (Å²) in [6.45, 7) is 2.46. The Morgan fingerprint density at radius 3 is 2.24 bits per heavy atom. The van der Waals surface area contributed by atoms with E-state index in [1.54, 1.807) is 12.1 Å². The molecule has 0 aromatic heterocycles. The smallest absolute Gasteiger partial charge is 0.327 e. The zero-order valence-electron chi connectivity index (χ0n) is 13.6. The third-order valence-electron chi connectivity index (χ3n) is 3.34. The van der Waals surface area contributed by atoms with Gasteiger partial charge in [0, 0.05) is 13.8 Å². The van der Waals surface area contributed by atoms with Crippen molar-refractivity contribution >= 4 is 39.1 Å². The lowest BCUT2D eigenvalue weighted by molar-refractivity contribution is -0.386. The molecule has 0 atom stereocenters. The summed E-state index contributed by atoms with van der Waals surface area (Å²) in [4.78, 5) is 35.4. The maximum Gasteiger partial charge on any atom is 0.327 e. The molecule has 2 aromatic carbocycles. The molecule has 2 amide bonds. The molecule has 0 spiro atoms. The van der Waals surface area contributed by atoms with Gasteiger partial charge >= 0.3 is 5.69 Å². The number of anilines is 1. The van der Waals surface area contributed by atoms with Crippen LogP contribution in [0.4, 0.5) is 11.4 Å². The van der Waals surface area contributed by atoms with Crippen molar-refractivity contribution in [1.29, 1.82) is 0 Å². The Hall–Kier alpha value is -2.74. The minimum absolute atomic E-state index is 0.0332. The highest BCUT2D eigenvalue weighted by atomic mass is 79.9. The molecule has 2 rings (SSSR count). The van der Waals surface area contributed by atoms with Crippen LogP contribution in [0.15, 0.2) is 46.9 Å². The Balaban J connectivity index is 2.55. The third kappa shape index (κ3) is 4.21. The van der Waals surface area contributed by atoms with Crippen LogP contribution in [0.1, 0.15) is 19.4 Å². The molecule has 0 aliphatic heterocycles. The molecule has 0 N–H and O–H groups in total. The summed E-state index contributed by atoms with van der Waals surface area (Å²) < 4.78 is 5.85. The molecule has 0 bridgehead atoms. The van der Waals surface area contributed by atoms with Gasteiger partial charge < -0.3 is 4.74 Å². The van der Waals surface area contributed by atoms with Crippen molar-refractivity contribution in [2.75, 3.05) is 4.90 Å². The molecular formula is C17H15BrN2O5. The number of carbonyl (C=O) groups is 2. The lowest BCUT2D eigenvalue weighted by Gasteiger charge is -2.21. The summed E-state index contributed by atoms with van der Waals surface area (Å²) in [6.07, 6.45) is 0. The van der Waals surface area contributed by atoms with Crippen molar-refractivity contribution in [3.05, 3.63) is 62.6 Å². The van der Waals surface area contributed by atoms with Crippen molar-refractivity contribution < 1.29 is 19.2 Å². The maximum atomic E-state index is 11.8. The Kier molecular flexibility index (Phi) is 5.87. The summed E-state index contributed by atoms with van der Waals surface area (Å²) in [5, 5.41) is 11.5. The number of amides is 2. The van der Waals surface area contributed by atoms with Crippen LogP contribution >= 0.6 is 15.9 Å². The highest BCUT2D eigenvalue weighted by molar-refractivity contribution is 9.10. The molecule has 130 valence electrons. The number of hydrogen-bond donors (Lipinski definition) is 0. The minimum Gasteiger partial charge on any atom is -0.480 e. The third-order valence-corrected chi connectivity index (χ3v) is 3.98. The van der Waals surface area contributed by atoms with Crippen LogP contribution in [0.5, 0.6) is 5.75 Å². The summed E-state index contributed by atoms with van der Waals surface area (Å²) in [7, 11) is 0. The SMILES string of the molecule is CC(=O)N(C(C)=O)c1ccc(Br)c([N+](=O)[O-])c1OCc1ccccc1. The second-order valence-electron chi connectivity index (χ2n) is 5.15. The molecule has 0 saturated heterocycles. The Morgan fingerprint density at radius 2 is 1.72 bits per heavy atom. The van der Waals surface area contributed by atoms with Crippen molar-refractivity contribution in [3.8, 4) is 5.75 Å². The Morgan fingerprint density at radius 1 is 1.12 bits per heavy atom. The molecule has 0 saturated carbocycles. The quantitative estimate of drug-likeness (QED) is 0.555. The second kappa shape index (κ2) is 7.89. The van der Waals surface area contributed by atoms with Gasteiger partial charge in [0.25, 0.3) is 0 Å². The van der Waals surface area contributed by atoms with Gasteiger partial charge in [-0.1, -0.05) is 30.3 Å². The van der Waals surface area contributed by atoms with Crippen LogP contribution in [0.2, 0.25) is 0 Å². The number of rotatable bonds is 5. The fourth-order valence-electron chi connectivity index (χ4n) is 2.32. The van der Waals surface area contributed by atoms with Crippen LogP contribution in [-0.2, 0) is 16.2 Å². The molecule has 7 nitrogen and oxygen atoms in total. The van der Waals surface area contributed by atoms with Crippen molar-refractivity contribution in [1.82, 2.24) is 0 Å². The Labute approximate surface area is 152 Å². The van der Waals surface area contributed by atoms with Gasteiger partial charge in [0.1, 0.15) is 12.3 Å². The van der Waals surface area contributed by atoms with Gasteiger partial charge in [0.05, 0.1) is 9.40 Å². The van der Waals surface area contributed by atoms with Gasteiger partial charge in [-0.05, 0) is 33.6 Å². The average Bonchev–Trinajstić information content (AvgIpc) is 2.54. The van der Waals surface area contributed by atoms with Crippen LogP contribution < -0.4 is 9.64 Å². The van der Waals surface area contributed by atoms with Gasteiger partial charge in [-0.2, -0.15) is 0 Å². The lowest BCUT2D eigenvalue weighted by atomic mass is 10.2. The fourth-order valence-corrected chi connectivity index (χ4v) is 2.77. The van der Waals surface area contributed by atoms with Gasteiger partial charge in [-0.25, -0.2) is 4.90 Å². The first-order valence-corrected chi connectivity index (χ1v) is 8.07. The van der Waals surface area contributed by atoms with Crippen molar-refractivity contribution in [2.45, 2.75) is 20.5 Å². The van der Waals surface area contributed by atoms with Gasteiger partial charge in [-0.3, -0.25) is 19.7 Å².